The molecule has 5 heteroatoms. The maximum Gasteiger partial charge on any atom is 0.338 e. The molecule has 0 saturated carbocycles. The fourth-order valence-electron chi connectivity index (χ4n) is 1.07. The van der Waals surface area contributed by atoms with Gasteiger partial charge in [0, 0.05) is 7.05 Å². The molecule has 0 atom stereocenters. The topological polar surface area (TPSA) is 66.4 Å². The van der Waals surface area contributed by atoms with Crippen molar-refractivity contribution in [1.82, 2.24) is 5.32 Å². The zero-order chi connectivity index (χ0) is 10.7. The number of hydrogen-bond acceptors (Lipinski definition) is 2. The van der Waals surface area contributed by atoms with Crippen molar-refractivity contribution in [1.29, 1.82) is 0 Å². The van der Waals surface area contributed by atoms with Crippen LogP contribution < -0.4 is 5.32 Å². The lowest BCUT2D eigenvalue weighted by Crippen LogP contribution is -2.21. The number of benzene rings is 1. The van der Waals surface area contributed by atoms with Crippen LogP contribution in [0.4, 0.5) is 0 Å². The standard InChI is InChI=1S/C9H8ClNO3/c1-11-8(12)5-3-2-4-6(10)7(5)9(13)14/h2-4H,1H3,(H,11,12)(H,13,14). The molecule has 2 N–H and O–H groups in total. The Balaban J connectivity index is 3.35. The van der Waals surface area contributed by atoms with Crippen LogP contribution in [0.5, 0.6) is 0 Å². The van der Waals surface area contributed by atoms with E-state index in [1.54, 1.807) is 0 Å². The second-order valence-electron chi connectivity index (χ2n) is 2.55. The van der Waals surface area contributed by atoms with Crippen molar-refractivity contribution in [3.05, 3.63) is 34.3 Å². The van der Waals surface area contributed by atoms with E-state index in [2.05, 4.69) is 5.32 Å². The SMILES string of the molecule is CNC(=O)c1cccc(Cl)c1C(=O)O. The van der Waals surface area contributed by atoms with Crippen molar-refractivity contribution in [2.24, 2.45) is 0 Å². The van der Waals surface area contributed by atoms with Gasteiger partial charge in [0.25, 0.3) is 5.91 Å². The minimum Gasteiger partial charge on any atom is -0.478 e. The average Bonchev–Trinajstić information content (AvgIpc) is 2.15. The summed E-state index contributed by atoms with van der Waals surface area (Å²) in [6.45, 7) is 0. The van der Waals surface area contributed by atoms with Crippen LogP contribution in [0.25, 0.3) is 0 Å². The Hall–Kier alpha value is -1.55. The van der Waals surface area contributed by atoms with Gasteiger partial charge in [-0.3, -0.25) is 4.79 Å². The molecule has 0 bridgehead atoms. The van der Waals surface area contributed by atoms with E-state index < -0.39 is 11.9 Å². The molecule has 0 aliphatic heterocycles. The van der Waals surface area contributed by atoms with Crippen LogP contribution in [0.15, 0.2) is 18.2 Å². The van der Waals surface area contributed by atoms with Gasteiger partial charge in [-0.15, -0.1) is 0 Å². The predicted molar refractivity (Wildman–Crippen MR) is 51.8 cm³/mol. The Morgan fingerprint density at radius 1 is 1.43 bits per heavy atom. The Bertz CT molecular complexity index is 390. The Labute approximate surface area is 85.5 Å². The predicted octanol–water partition coefficient (Wildman–Crippen LogP) is 1.40. The summed E-state index contributed by atoms with van der Waals surface area (Å²) in [5, 5.41) is 11.2. The van der Waals surface area contributed by atoms with Gasteiger partial charge in [-0.25, -0.2) is 4.79 Å². The second-order valence-corrected chi connectivity index (χ2v) is 2.95. The molecule has 0 aliphatic rings. The van der Waals surface area contributed by atoms with Gasteiger partial charge in [0.1, 0.15) is 0 Å². The lowest BCUT2D eigenvalue weighted by Gasteiger charge is -2.05. The van der Waals surface area contributed by atoms with E-state index in [4.69, 9.17) is 16.7 Å². The van der Waals surface area contributed by atoms with E-state index in [1.807, 2.05) is 0 Å². The Morgan fingerprint density at radius 2 is 2.07 bits per heavy atom. The molecule has 0 aliphatic carbocycles. The molecule has 0 unspecified atom stereocenters. The first-order chi connectivity index (χ1) is 6.57. The molecule has 4 nitrogen and oxygen atoms in total. The molecular formula is C9H8ClNO3. The summed E-state index contributed by atoms with van der Waals surface area (Å²) < 4.78 is 0. The van der Waals surface area contributed by atoms with Crippen molar-refractivity contribution in [2.75, 3.05) is 7.05 Å². The van der Waals surface area contributed by atoms with Gasteiger partial charge in [-0.05, 0) is 12.1 Å². The second kappa shape index (κ2) is 4.11. The van der Waals surface area contributed by atoms with Crippen molar-refractivity contribution < 1.29 is 14.7 Å². The lowest BCUT2D eigenvalue weighted by atomic mass is 10.1. The fourth-order valence-corrected chi connectivity index (χ4v) is 1.32. The third-order valence-corrected chi connectivity index (χ3v) is 2.01. The number of carboxylic acid groups (broad SMARTS) is 1. The highest BCUT2D eigenvalue weighted by molar-refractivity contribution is 6.34. The smallest absolute Gasteiger partial charge is 0.338 e. The Morgan fingerprint density at radius 3 is 2.57 bits per heavy atom. The van der Waals surface area contributed by atoms with E-state index in [0.717, 1.165) is 0 Å². The van der Waals surface area contributed by atoms with E-state index in [0.29, 0.717) is 0 Å². The normalized spacial score (nSPS) is 9.57. The number of hydrogen-bond donors (Lipinski definition) is 2. The summed E-state index contributed by atoms with van der Waals surface area (Å²) in [5.74, 6) is -1.68. The quantitative estimate of drug-likeness (QED) is 0.781. The maximum absolute atomic E-state index is 11.3. The summed E-state index contributed by atoms with van der Waals surface area (Å²) >= 11 is 5.66. The molecule has 1 aromatic carbocycles. The minimum absolute atomic E-state index is 0.0543. The van der Waals surface area contributed by atoms with Crippen LogP contribution in [-0.2, 0) is 0 Å². The molecule has 74 valence electrons. The molecule has 0 fully saturated rings. The summed E-state index contributed by atoms with van der Waals surface area (Å²) in [7, 11) is 1.43. The highest BCUT2D eigenvalue weighted by Gasteiger charge is 2.18. The summed E-state index contributed by atoms with van der Waals surface area (Å²) in [4.78, 5) is 22.1. The molecule has 14 heavy (non-hydrogen) atoms. The number of carbonyl (C=O) groups is 2. The molecule has 0 heterocycles. The van der Waals surface area contributed by atoms with Crippen LogP contribution in [0.2, 0.25) is 5.02 Å². The first-order valence-electron chi connectivity index (χ1n) is 3.81. The van der Waals surface area contributed by atoms with E-state index in [1.165, 1.54) is 25.2 Å². The van der Waals surface area contributed by atoms with Crippen molar-refractivity contribution in [3.63, 3.8) is 0 Å². The number of nitrogens with one attached hydrogen (secondary N) is 1. The molecule has 0 aromatic heterocycles. The number of carbonyl (C=O) groups excluding carboxylic acids is 1. The highest BCUT2D eigenvalue weighted by atomic mass is 35.5. The molecule has 0 saturated heterocycles. The van der Waals surface area contributed by atoms with Crippen LogP contribution in [0.1, 0.15) is 20.7 Å². The number of aromatic carboxylic acids is 1. The van der Waals surface area contributed by atoms with Crippen LogP contribution >= 0.6 is 11.6 Å². The van der Waals surface area contributed by atoms with Crippen molar-refractivity contribution >= 4 is 23.5 Å². The monoisotopic (exact) mass is 213 g/mol. The number of halogens is 1. The van der Waals surface area contributed by atoms with Gasteiger partial charge in [0.2, 0.25) is 0 Å². The lowest BCUT2D eigenvalue weighted by molar-refractivity contribution is 0.0691. The largest absolute Gasteiger partial charge is 0.478 e. The number of amides is 1. The zero-order valence-corrected chi connectivity index (χ0v) is 8.13. The summed E-state index contributed by atoms with van der Waals surface area (Å²) in [6.07, 6.45) is 0. The summed E-state index contributed by atoms with van der Waals surface area (Å²) in [5.41, 5.74) is -0.110. The Kier molecular flexibility index (Phi) is 3.09. The van der Waals surface area contributed by atoms with Crippen LogP contribution in [0, 0.1) is 0 Å². The van der Waals surface area contributed by atoms with Gasteiger partial charge < -0.3 is 10.4 Å². The molecule has 0 spiro atoms. The van der Waals surface area contributed by atoms with Gasteiger partial charge in [-0.1, -0.05) is 17.7 Å². The maximum atomic E-state index is 11.3. The fraction of sp³-hybridized carbons (Fsp3) is 0.111. The van der Waals surface area contributed by atoms with Crippen LogP contribution in [0.3, 0.4) is 0 Å². The molecule has 1 amide bonds. The van der Waals surface area contributed by atoms with Crippen molar-refractivity contribution in [3.8, 4) is 0 Å². The zero-order valence-electron chi connectivity index (χ0n) is 7.37. The van der Waals surface area contributed by atoms with Gasteiger partial charge in [-0.2, -0.15) is 0 Å². The average molecular weight is 214 g/mol. The van der Waals surface area contributed by atoms with Gasteiger partial charge in [0.15, 0.2) is 0 Å². The van der Waals surface area contributed by atoms with Gasteiger partial charge in [0.05, 0.1) is 16.1 Å². The van der Waals surface area contributed by atoms with E-state index in [-0.39, 0.29) is 16.1 Å². The first kappa shape index (κ1) is 10.5. The molecular weight excluding hydrogens is 206 g/mol. The van der Waals surface area contributed by atoms with E-state index in [9.17, 15) is 9.59 Å². The minimum atomic E-state index is -1.21. The van der Waals surface area contributed by atoms with E-state index >= 15 is 0 Å². The van der Waals surface area contributed by atoms with Crippen LogP contribution in [-0.4, -0.2) is 24.0 Å². The van der Waals surface area contributed by atoms with Crippen molar-refractivity contribution in [2.45, 2.75) is 0 Å². The summed E-state index contributed by atoms with van der Waals surface area (Å²) in [6, 6.07) is 4.37. The number of rotatable bonds is 2. The molecule has 1 aromatic rings. The molecule has 1 rings (SSSR count). The highest BCUT2D eigenvalue weighted by Crippen LogP contribution is 2.19. The third kappa shape index (κ3) is 1.85. The number of carboxylic acids is 1. The molecule has 0 radical (unpaired) electrons. The van der Waals surface area contributed by atoms with Gasteiger partial charge >= 0.3 is 5.97 Å². The third-order valence-electron chi connectivity index (χ3n) is 1.70. The first-order valence-corrected chi connectivity index (χ1v) is 4.19.